The molecular formula is C19H23Cl2N3O. The number of piperazine rings is 1. The van der Waals surface area contributed by atoms with Crippen molar-refractivity contribution in [1.82, 2.24) is 10.2 Å². The number of nitrogens with zero attached hydrogens (tertiary/aromatic N) is 1. The predicted molar refractivity (Wildman–Crippen MR) is 97.0 cm³/mol. The van der Waals surface area contributed by atoms with Crippen molar-refractivity contribution in [1.29, 1.82) is 0 Å². The lowest BCUT2D eigenvalue weighted by molar-refractivity contribution is -0.838. The van der Waals surface area contributed by atoms with E-state index in [1.807, 2.05) is 0 Å². The minimum absolute atomic E-state index is 0. The number of hydrogen-bond donors (Lipinski definition) is 2. The van der Waals surface area contributed by atoms with Gasteiger partial charge in [-0.25, -0.2) is 0 Å². The third kappa shape index (κ3) is 5.72. The molecule has 0 spiro atoms. The molecule has 2 aromatic rings. The normalized spacial score (nSPS) is 15.4. The average Bonchev–Trinajstić information content (AvgIpc) is 2.63. The fourth-order valence-corrected chi connectivity index (χ4v) is 3.26. The fourth-order valence-electron chi connectivity index (χ4n) is 3.07. The molecule has 0 atom stereocenters. The van der Waals surface area contributed by atoms with Gasteiger partial charge in [-0.2, -0.15) is 0 Å². The van der Waals surface area contributed by atoms with Crippen LogP contribution in [0.2, 0.25) is 5.02 Å². The maximum atomic E-state index is 12.1. The van der Waals surface area contributed by atoms with Crippen LogP contribution in [0.4, 0.5) is 5.69 Å². The van der Waals surface area contributed by atoms with Crippen LogP contribution in [0.1, 0.15) is 10.4 Å². The Kier molecular flexibility index (Phi) is 7.72. The summed E-state index contributed by atoms with van der Waals surface area (Å²) in [6, 6.07) is 17.7. The van der Waals surface area contributed by atoms with Gasteiger partial charge in [0.15, 0.2) is 0 Å². The summed E-state index contributed by atoms with van der Waals surface area (Å²) in [7, 11) is 0. The van der Waals surface area contributed by atoms with E-state index < -0.39 is 0 Å². The second-order valence-corrected chi connectivity index (χ2v) is 6.51. The van der Waals surface area contributed by atoms with Gasteiger partial charge in [0.05, 0.1) is 13.1 Å². The molecule has 1 aliphatic rings. The molecule has 2 N–H and O–H groups in total. The number of benzene rings is 2. The van der Waals surface area contributed by atoms with Crippen LogP contribution in [0.15, 0.2) is 54.6 Å². The lowest BCUT2D eigenvalue weighted by Crippen LogP contribution is -3.10. The van der Waals surface area contributed by atoms with Gasteiger partial charge >= 0.3 is 0 Å². The van der Waals surface area contributed by atoms with Crippen LogP contribution < -0.4 is 22.6 Å². The van der Waals surface area contributed by atoms with Gasteiger partial charge in [0.1, 0.15) is 5.69 Å². The number of amides is 1. The Hall–Kier alpha value is -1.59. The molecule has 4 nitrogen and oxygen atoms in total. The first-order chi connectivity index (χ1) is 11.7. The van der Waals surface area contributed by atoms with E-state index in [9.17, 15) is 4.79 Å². The minimum atomic E-state index is -0.0638. The molecule has 1 saturated heterocycles. The summed E-state index contributed by atoms with van der Waals surface area (Å²) in [5.74, 6) is -0.0638. The quantitative estimate of drug-likeness (QED) is 0.670. The number of quaternary nitrogens is 1. The zero-order valence-corrected chi connectivity index (χ0v) is 15.6. The number of para-hydroxylation sites is 1. The molecule has 0 aliphatic carbocycles. The fraction of sp³-hybridized carbons (Fsp3) is 0.316. The Morgan fingerprint density at radius 2 is 1.80 bits per heavy atom. The zero-order valence-electron chi connectivity index (χ0n) is 14.1. The predicted octanol–water partition coefficient (Wildman–Crippen LogP) is -1.39. The van der Waals surface area contributed by atoms with Crippen LogP contribution in [0.3, 0.4) is 0 Å². The smallest absolute Gasteiger partial charge is 0.251 e. The Morgan fingerprint density at radius 1 is 1.08 bits per heavy atom. The number of hydrogen-bond acceptors (Lipinski definition) is 2. The van der Waals surface area contributed by atoms with Gasteiger partial charge in [0.25, 0.3) is 5.91 Å². The Balaban J connectivity index is 0.00000225. The molecule has 2 aromatic carbocycles. The lowest BCUT2D eigenvalue weighted by atomic mass is 10.2. The van der Waals surface area contributed by atoms with E-state index >= 15 is 0 Å². The topological polar surface area (TPSA) is 36.8 Å². The monoisotopic (exact) mass is 379 g/mol. The largest absolute Gasteiger partial charge is 1.00 e. The molecule has 0 aromatic heterocycles. The van der Waals surface area contributed by atoms with Gasteiger partial charge in [0, 0.05) is 36.8 Å². The summed E-state index contributed by atoms with van der Waals surface area (Å²) in [5.41, 5.74) is 1.98. The van der Waals surface area contributed by atoms with Crippen molar-refractivity contribution in [3.63, 3.8) is 0 Å². The minimum Gasteiger partial charge on any atom is -1.00 e. The Bertz CT molecular complexity index is 673. The van der Waals surface area contributed by atoms with Crippen LogP contribution in [-0.2, 0) is 0 Å². The molecule has 6 heteroatoms. The molecule has 0 saturated carbocycles. The molecule has 1 heterocycles. The van der Waals surface area contributed by atoms with Crippen molar-refractivity contribution in [2.24, 2.45) is 0 Å². The molecule has 1 fully saturated rings. The Morgan fingerprint density at radius 3 is 2.48 bits per heavy atom. The standard InChI is InChI=1S/C19H22ClN3O.ClH/c20-17-6-4-5-16(15-17)19(24)21-9-10-22-11-13-23(14-12-22)18-7-2-1-3-8-18;/h1-8,15H,9-14H2,(H,21,24);1H. The molecular weight excluding hydrogens is 357 g/mol. The van der Waals surface area contributed by atoms with E-state index in [0.717, 1.165) is 32.7 Å². The van der Waals surface area contributed by atoms with E-state index in [1.54, 1.807) is 24.3 Å². The third-order valence-corrected chi connectivity index (χ3v) is 4.68. The van der Waals surface area contributed by atoms with Gasteiger partial charge in [0.2, 0.25) is 0 Å². The van der Waals surface area contributed by atoms with Crippen molar-refractivity contribution >= 4 is 23.2 Å². The third-order valence-electron chi connectivity index (χ3n) is 4.44. The highest BCUT2D eigenvalue weighted by Gasteiger charge is 2.21. The van der Waals surface area contributed by atoms with Crippen molar-refractivity contribution in [2.75, 3.05) is 39.3 Å². The summed E-state index contributed by atoms with van der Waals surface area (Å²) >= 11 is 5.92. The van der Waals surface area contributed by atoms with Crippen molar-refractivity contribution < 1.29 is 22.1 Å². The summed E-state index contributed by atoms with van der Waals surface area (Å²) < 4.78 is 0. The van der Waals surface area contributed by atoms with Crippen LogP contribution in [0.5, 0.6) is 0 Å². The number of rotatable bonds is 5. The molecule has 3 rings (SSSR count). The lowest BCUT2D eigenvalue weighted by Gasteiger charge is -2.31. The van der Waals surface area contributed by atoms with Gasteiger partial charge in [-0.15, -0.1) is 0 Å². The molecule has 0 radical (unpaired) electrons. The number of carbonyl (C=O) groups excluding carboxylic acids is 1. The van der Waals surface area contributed by atoms with Gasteiger partial charge in [-0.3, -0.25) is 9.69 Å². The second-order valence-electron chi connectivity index (χ2n) is 6.08. The maximum absolute atomic E-state index is 12.1. The summed E-state index contributed by atoms with van der Waals surface area (Å²) in [6.45, 7) is 5.85. The molecule has 0 unspecified atom stereocenters. The maximum Gasteiger partial charge on any atom is 0.251 e. The number of carbonyl (C=O) groups is 1. The van der Waals surface area contributed by atoms with Crippen LogP contribution >= 0.6 is 11.6 Å². The summed E-state index contributed by atoms with van der Waals surface area (Å²) in [4.78, 5) is 16.0. The highest BCUT2D eigenvalue weighted by Crippen LogP contribution is 2.10. The number of halogens is 2. The number of nitrogens with one attached hydrogen (secondary N) is 2. The van der Waals surface area contributed by atoms with E-state index in [-0.39, 0.29) is 18.3 Å². The second kappa shape index (κ2) is 9.78. The van der Waals surface area contributed by atoms with E-state index in [2.05, 4.69) is 40.5 Å². The highest BCUT2D eigenvalue weighted by molar-refractivity contribution is 6.30. The molecule has 25 heavy (non-hydrogen) atoms. The molecule has 1 amide bonds. The van der Waals surface area contributed by atoms with Crippen LogP contribution in [0, 0.1) is 0 Å². The van der Waals surface area contributed by atoms with Gasteiger partial charge in [-0.1, -0.05) is 35.9 Å². The van der Waals surface area contributed by atoms with Crippen molar-refractivity contribution in [2.45, 2.75) is 0 Å². The van der Waals surface area contributed by atoms with E-state index in [4.69, 9.17) is 11.6 Å². The first kappa shape index (κ1) is 19.7. The highest BCUT2D eigenvalue weighted by atomic mass is 35.5. The summed E-state index contributed by atoms with van der Waals surface area (Å²) in [6.07, 6.45) is 0. The van der Waals surface area contributed by atoms with E-state index in [0.29, 0.717) is 17.1 Å². The first-order valence-electron chi connectivity index (χ1n) is 8.38. The average molecular weight is 380 g/mol. The first-order valence-corrected chi connectivity index (χ1v) is 8.76. The van der Waals surface area contributed by atoms with Crippen LogP contribution in [0.25, 0.3) is 0 Å². The van der Waals surface area contributed by atoms with Gasteiger partial charge in [-0.05, 0) is 30.3 Å². The van der Waals surface area contributed by atoms with E-state index in [1.165, 1.54) is 10.6 Å². The molecule has 0 bridgehead atoms. The van der Waals surface area contributed by atoms with Gasteiger partial charge < -0.3 is 22.6 Å². The molecule has 1 aliphatic heterocycles. The molecule has 134 valence electrons. The zero-order chi connectivity index (χ0) is 16.8. The van der Waals surface area contributed by atoms with Crippen molar-refractivity contribution in [3.8, 4) is 0 Å². The Labute approximate surface area is 160 Å². The SMILES string of the molecule is O=C(NCCN1CC[NH+](c2ccccc2)CC1)c1cccc(Cl)c1.[Cl-]. The van der Waals surface area contributed by atoms with Crippen LogP contribution in [-0.4, -0.2) is 50.1 Å². The van der Waals surface area contributed by atoms with Crippen molar-refractivity contribution in [3.05, 3.63) is 65.2 Å². The summed E-state index contributed by atoms with van der Waals surface area (Å²) in [5, 5.41) is 3.56.